The SMILES string of the molecule is COCCCN(Cc1nc2scc(-c3ccccc3C)c2c(=O)[nH]1)CC(O)C(C)C. The van der Waals surface area contributed by atoms with Crippen molar-refractivity contribution in [2.75, 3.05) is 26.8 Å². The molecule has 0 fully saturated rings. The summed E-state index contributed by atoms with van der Waals surface area (Å²) in [7, 11) is 1.68. The van der Waals surface area contributed by atoms with Crippen molar-refractivity contribution in [1.29, 1.82) is 0 Å². The number of methoxy groups -OCH3 is 1. The van der Waals surface area contributed by atoms with Crippen LogP contribution >= 0.6 is 11.3 Å². The number of thiophene rings is 1. The molecule has 2 aromatic heterocycles. The Balaban J connectivity index is 1.88. The van der Waals surface area contributed by atoms with Gasteiger partial charge in [-0.25, -0.2) is 4.98 Å². The summed E-state index contributed by atoms with van der Waals surface area (Å²) in [5.41, 5.74) is 3.01. The maximum Gasteiger partial charge on any atom is 0.260 e. The average molecular weight is 430 g/mol. The molecule has 0 saturated heterocycles. The van der Waals surface area contributed by atoms with E-state index < -0.39 is 6.10 Å². The summed E-state index contributed by atoms with van der Waals surface area (Å²) in [6, 6.07) is 8.07. The number of hydrogen-bond donors (Lipinski definition) is 2. The largest absolute Gasteiger partial charge is 0.392 e. The van der Waals surface area contributed by atoms with E-state index in [2.05, 4.69) is 9.88 Å². The van der Waals surface area contributed by atoms with Gasteiger partial charge in [-0.2, -0.15) is 0 Å². The van der Waals surface area contributed by atoms with Gasteiger partial charge < -0.3 is 14.8 Å². The van der Waals surface area contributed by atoms with E-state index in [1.54, 1.807) is 7.11 Å². The number of aromatic nitrogens is 2. The minimum atomic E-state index is -0.433. The van der Waals surface area contributed by atoms with Crippen LogP contribution in [-0.4, -0.2) is 52.9 Å². The predicted molar refractivity (Wildman–Crippen MR) is 123 cm³/mol. The zero-order chi connectivity index (χ0) is 21.7. The predicted octanol–water partition coefficient (Wildman–Crippen LogP) is 3.82. The normalized spacial score (nSPS) is 12.9. The summed E-state index contributed by atoms with van der Waals surface area (Å²) in [6.45, 7) is 8.48. The molecule has 1 aromatic carbocycles. The summed E-state index contributed by atoms with van der Waals surface area (Å²) in [5, 5.41) is 13.0. The lowest BCUT2D eigenvalue weighted by atomic mass is 10.0. The third-order valence-electron chi connectivity index (χ3n) is 5.34. The highest BCUT2D eigenvalue weighted by Gasteiger charge is 2.18. The summed E-state index contributed by atoms with van der Waals surface area (Å²) >= 11 is 1.49. The highest BCUT2D eigenvalue weighted by atomic mass is 32.1. The third kappa shape index (κ3) is 5.35. The van der Waals surface area contributed by atoms with Crippen LogP contribution in [-0.2, 0) is 11.3 Å². The lowest BCUT2D eigenvalue weighted by molar-refractivity contribution is 0.0672. The molecule has 0 saturated carbocycles. The Hall–Kier alpha value is -2.06. The van der Waals surface area contributed by atoms with Gasteiger partial charge in [0.25, 0.3) is 5.56 Å². The van der Waals surface area contributed by atoms with E-state index >= 15 is 0 Å². The molecule has 162 valence electrons. The molecular formula is C23H31N3O3S. The van der Waals surface area contributed by atoms with E-state index in [0.717, 1.165) is 34.5 Å². The van der Waals surface area contributed by atoms with E-state index in [0.29, 0.717) is 30.9 Å². The lowest BCUT2D eigenvalue weighted by Crippen LogP contribution is -2.36. The molecule has 7 heteroatoms. The molecule has 2 heterocycles. The maximum atomic E-state index is 13.0. The number of rotatable bonds is 10. The van der Waals surface area contributed by atoms with Crippen molar-refractivity contribution in [3.05, 3.63) is 51.4 Å². The first kappa shape index (κ1) is 22.6. The monoisotopic (exact) mass is 429 g/mol. The van der Waals surface area contributed by atoms with E-state index in [9.17, 15) is 9.90 Å². The van der Waals surface area contributed by atoms with Crippen molar-refractivity contribution in [3.8, 4) is 11.1 Å². The molecule has 0 radical (unpaired) electrons. The second kappa shape index (κ2) is 10.3. The minimum absolute atomic E-state index is 0.115. The minimum Gasteiger partial charge on any atom is -0.392 e. The molecule has 3 aromatic rings. The molecule has 0 aliphatic heterocycles. The first-order valence-electron chi connectivity index (χ1n) is 10.4. The molecule has 0 aliphatic rings. The first-order valence-corrected chi connectivity index (χ1v) is 11.2. The number of nitrogens with zero attached hydrogens (tertiary/aromatic N) is 2. The molecule has 2 N–H and O–H groups in total. The quantitative estimate of drug-likeness (QED) is 0.479. The van der Waals surface area contributed by atoms with Gasteiger partial charge in [0.15, 0.2) is 0 Å². The Morgan fingerprint density at radius 3 is 2.73 bits per heavy atom. The smallest absolute Gasteiger partial charge is 0.260 e. The fourth-order valence-corrected chi connectivity index (χ4v) is 4.45. The molecule has 30 heavy (non-hydrogen) atoms. The van der Waals surface area contributed by atoms with Crippen molar-refractivity contribution in [3.63, 3.8) is 0 Å². The van der Waals surface area contributed by atoms with Crippen molar-refractivity contribution in [2.45, 2.75) is 39.8 Å². The van der Waals surface area contributed by atoms with Crippen LogP contribution in [0.1, 0.15) is 31.7 Å². The number of aliphatic hydroxyl groups excluding tert-OH is 1. The number of aromatic amines is 1. The molecule has 3 rings (SSSR count). The summed E-state index contributed by atoms with van der Waals surface area (Å²) in [4.78, 5) is 23.5. The van der Waals surface area contributed by atoms with E-state index in [-0.39, 0.29) is 11.5 Å². The molecular weight excluding hydrogens is 398 g/mol. The molecule has 0 spiro atoms. The Bertz CT molecular complexity index is 1030. The van der Waals surface area contributed by atoms with Gasteiger partial charge in [-0.3, -0.25) is 9.69 Å². The molecule has 6 nitrogen and oxygen atoms in total. The van der Waals surface area contributed by atoms with Gasteiger partial charge in [-0.05, 0) is 30.4 Å². The van der Waals surface area contributed by atoms with Crippen LogP contribution < -0.4 is 5.56 Å². The molecule has 1 unspecified atom stereocenters. The van der Waals surface area contributed by atoms with Gasteiger partial charge in [0.2, 0.25) is 0 Å². The van der Waals surface area contributed by atoms with Crippen LogP contribution in [0.15, 0.2) is 34.4 Å². The van der Waals surface area contributed by atoms with Crippen LogP contribution in [0.5, 0.6) is 0 Å². The summed E-state index contributed by atoms with van der Waals surface area (Å²) < 4.78 is 5.17. The first-order chi connectivity index (χ1) is 14.4. The fourth-order valence-electron chi connectivity index (χ4n) is 3.50. The van der Waals surface area contributed by atoms with Gasteiger partial charge in [-0.15, -0.1) is 11.3 Å². The number of H-pyrrole nitrogens is 1. The lowest BCUT2D eigenvalue weighted by Gasteiger charge is -2.26. The van der Waals surface area contributed by atoms with Crippen LogP contribution in [0.3, 0.4) is 0 Å². The Kier molecular flexibility index (Phi) is 7.77. The topological polar surface area (TPSA) is 78.5 Å². The van der Waals surface area contributed by atoms with Gasteiger partial charge >= 0.3 is 0 Å². The Morgan fingerprint density at radius 1 is 1.27 bits per heavy atom. The highest BCUT2D eigenvalue weighted by molar-refractivity contribution is 7.17. The number of aliphatic hydroxyl groups is 1. The number of hydrogen-bond acceptors (Lipinski definition) is 6. The van der Waals surface area contributed by atoms with Gasteiger partial charge in [0.05, 0.1) is 18.0 Å². The zero-order valence-electron chi connectivity index (χ0n) is 18.1. The second-order valence-electron chi connectivity index (χ2n) is 8.05. The van der Waals surface area contributed by atoms with Crippen molar-refractivity contribution in [1.82, 2.24) is 14.9 Å². The zero-order valence-corrected chi connectivity index (χ0v) is 19.0. The standard InChI is InChI=1S/C23H31N3O3S/c1-15(2)19(27)12-26(10-7-11-29-4)13-20-24-22(28)21-18(14-30-23(21)25-20)17-9-6-5-8-16(17)3/h5-6,8-9,14-15,19,27H,7,10-13H2,1-4H3,(H,24,25,28). The van der Waals surface area contributed by atoms with E-state index in [1.165, 1.54) is 11.3 Å². The van der Waals surface area contributed by atoms with Crippen molar-refractivity contribution < 1.29 is 9.84 Å². The number of nitrogens with one attached hydrogen (secondary N) is 1. The Morgan fingerprint density at radius 2 is 2.03 bits per heavy atom. The molecule has 1 atom stereocenters. The van der Waals surface area contributed by atoms with Gasteiger partial charge in [0.1, 0.15) is 10.7 Å². The number of aryl methyl sites for hydroxylation is 1. The fraction of sp³-hybridized carbons (Fsp3) is 0.478. The van der Waals surface area contributed by atoms with Crippen LogP contribution in [0.2, 0.25) is 0 Å². The molecule has 0 amide bonds. The molecule has 0 bridgehead atoms. The summed E-state index contributed by atoms with van der Waals surface area (Å²) in [5.74, 6) is 0.789. The summed E-state index contributed by atoms with van der Waals surface area (Å²) in [6.07, 6.45) is 0.418. The van der Waals surface area contributed by atoms with Crippen molar-refractivity contribution in [2.24, 2.45) is 5.92 Å². The maximum absolute atomic E-state index is 13.0. The van der Waals surface area contributed by atoms with Gasteiger partial charge in [0, 0.05) is 37.7 Å². The van der Waals surface area contributed by atoms with Crippen LogP contribution in [0.4, 0.5) is 0 Å². The Labute approximate surface area is 181 Å². The second-order valence-corrected chi connectivity index (χ2v) is 8.91. The van der Waals surface area contributed by atoms with Crippen LogP contribution in [0, 0.1) is 12.8 Å². The highest BCUT2D eigenvalue weighted by Crippen LogP contribution is 2.32. The third-order valence-corrected chi connectivity index (χ3v) is 6.21. The van der Waals surface area contributed by atoms with E-state index in [1.807, 2.05) is 50.4 Å². The average Bonchev–Trinajstić information content (AvgIpc) is 3.12. The van der Waals surface area contributed by atoms with Crippen molar-refractivity contribution >= 4 is 21.6 Å². The number of fused-ring (bicyclic) bond motifs is 1. The molecule has 0 aliphatic carbocycles. The van der Waals surface area contributed by atoms with Gasteiger partial charge in [-0.1, -0.05) is 38.1 Å². The van der Waals surface area contributed by atoms with Crippen LogP contribution in [0.25, 0.3) is 21.3 Å². The van der Waals surface area contributed by atoms with E-state index in [4.69, 9.17) is 9.72 Å². The number of benzene rings is 1. The number of ether oxygens (including phenoxy) is 1.